The summed E-state index contributed by atoms with van der Waals surface area (Å²) in [6, 6.07) is 9.83. The number of amides is 1. The molecule has 0 aliphatic rings. The zero-order chi connectivity index (χ0) is 19.5. The molecule has 7 nitrogen and oxygen atoms in total. The first kappa shape index (κ1) is 20.2. The van der Waals surface area contributed by atoms with Gasteiger partial charge in [0.25, 0.3) is 5.91 Å². The highest BCUT2D eigenvalue weighted by Crippen LogP contribution is 2.22. The first-order valence-electron chi connectivity index (χ1n) is 7.17. The van der Waals surface area contributed by atoms with Gasteiger partial charge in [-0.05, 0) is 49.4 Å². The topological polar surface area (TPSA) is 116 Å². The zero-order valence-electron chi connectivity index (χ0n) is 13.4. The molecule has 2 aromatic rings. The van der Waals surface area contributed by atoms with E-state index in [1.165, 1.54) is 19.1 Å². The van der Waals surface area contributed by atoms with Crippen LogP contribution in [0.3, 0.4) is 0 Å². The second kappa shape index (κ2) is 8.05. The molecule has 26 heavy (non-hydrogen) atoms. The number of carbonyl (C=O) groups excluding carboxylic acids is 2. The van der Waals surface area contributed by atoms with Crippen molar-refractivity contribution in [2.24, 2.45) is 5.14 Å². The van der Waals surface area contributed by atoms with Gasteiger partial charge in [-0.15, -0.1) is 0 Å². The fraction of sp³-hybridized carbons (Fsp3) is 0.125. The van der Waals surface area contributed by atoms with Gasteiger partial charge < -0.3 is 10.1 Å². The number of benzene rings is 2. The maximum absolute atomic E-state index is 12.1. The van der Waals surface area contributed by atoms with E-state index in [0.29, 0.717) is 10.7 Å². The normalized spacial score (nSPS) is 12.3. The van der Waals surface area contributed by atoms with E-state index < -0.39 is 32.9 Å². The highest BCUT2D eigenvalue weighted by atomic mass is 35.5. The lowest BCUT2D eigenvalue weighted by molar-refractivity contribution is -0.123. The van der Waals surface area contributed by atoms with E-state index in [1.54, 1.807) is 24.3 Å². The van der Waals surface area contributed by atoms with Crippen LogP contribution in [0.1, 0.15) is 17.3 Å². The molecular formula is C16H14Cl2N2O5S. The predicted octanol–water partition coefficient (Wildman–Crippen LogP) is 2.82. The van der Waals surface area contributed by atoms with E-state index in [2.05, 4.69) is 5.32 Å². The number of hydrogen-bond donors (Lipinski definition) is 2. The number of nitrogens with one attached hydrogen (secondary N) is 1. The maximum atomic E-state index is 12.1. The molecule has 2 rings (SSSR count). The molecule has 138 valence electrons. The summed E-state index contributed by atoms with van der Waals surface area (Å²) in [6.07, 6.45) is -1.13. The third kappa shape index (κ3) is 5.18. The van der Waals surface area contributed by atoms with Gasteiger partial charge in [-0.2, -0.15) is 0 Å². The SMILES string of the molecule is C[C@@H](OC(=O)c1ccc(Cl)c(S(N)(=O)=O)c1)C(=O)Nc1ccc(Cl)cc1. The number of esters is 1. The number of halogens is 2. The second-order valence-corrected chi connectivity index (χ2v) is 7.61. The lowest BCUT2D eigenvalue weighted by Gasteiger charge is -2.14. The van der Waals surface area contributed by atoms with Crippen molar-refractivity contribution in [3.05, 3.63) is 58.1 Å². The van der Waals surface area contributed by atoms with Crippen molar-refractivity contribution in [1.29, 1.82) is 0 Å². The summed E-state index contributed by atoms with van der Waals surface area (Å²) in [4.78, 5) is 23.8. The number of rotatable bonds is 5. The number of anilines is 1. The lowest BCUT2D eigenvalue weighted by atomic mass is 10.2. The first-order valence-corrected chi connectivity index (χ1v) is 9.48. The maximum Gasteiger partial charge on any atom is 0.338 e. The Labute approximate surface area is 160 Å². The summed E-state index contributed by atoms with van der Waals surface area (Å²) in [7, 11) is -4.11. The minimum atomic E-state index is -4.11. The first-order chi connectivity index (χ1) is 12.1. The van der Waals surface area contributed by atoms with E-state index in [-0.39, 0.29) is 10.6 Å². The largest absolute Gasteiger partial charge is 0.449 e. The van der Waals surface area contributed by atoms with Crippen molar-refractivity contribution >= 4 is 50.8 Å². The van der Waals surface area contributed by atoms with E-state index in [1.807, 2.05) is 0 Å². The number of ether oxygens (including phenoxy) is 1. The minimum Gasteiger partial charge on any atom is -0.449 e. The molecule has 0 heterocycles. The second-order valence-electron chi connectivity index (χ2n) is 5.23. The number of nitrogens with two attached hydrogens (primary N) is 1. The summed E-state index contributed by atoms with van der Waals surface area (Å²) in [5.74, 6) is -1.47. The molecule has 0 spiro atoms. The number of primary sulfonamides is 1. The molecule has 0 unspecified atom stereocenters. The van der Waals surface area contributed by atoms with E-state index in [0.717, 1.165) is 6.07 Å². The summed E-state index contributed by atoms with van der Waals surface area (Å²) >= 11 is 11.5. The number of carbonyl (C=O) groups is 2. The Morgan fingerprint density at radius 3 is 2.31 bits per heavy atom. The summed E-state index contributed by atoms with van der Waals surface area (Å²) in [6.45, 7) is 1.37. The Morgan fingerprint density at radius 2 is 1.73 bits per heavy atom. The van der Waals surface area contributed by atoms with Crippen LogP contribution in [0.15, 0.2) is 47.4 Å². The van der Waals surface area contributed by atoms with Crippen LogP contribution in [0.25, 0.3) is 0 Å². The quantitative estimate of drug-likeness (QED) is 0.726. The molecule has 0 aliphatic carbocycles. The molecule has 0 aliphatic heterocycles. The number of sulfonamides is 1. The van der Waals surface area contributed by atoms with E-state index in [9.17, 15) is 18.0 Å². The average Bonchev–Trinajstić information content (AvgIpc) is 2.56. The Balaban J connectivity index is 2.09. The number of hydrogen-bond acceptors (Lipinski definition) is 5. The minimum absolute atomic E-state index is 0.107. The van der Waals surface area contributed by atoms with Gasteiger partial charge in [0.15, 0.2) is 6.10 Å². The smallest absolute Gasteiger partial charge is 0.338 e. The van der Waals surface area contributed by atoms with Crippen LogP contribution in [0.2, 0.25) is 10.0 Å². The molecule has 0 saturated heterocycles. The lowest BCUT2D eigenvalue weighted by Crippen LogP contribution is -2.30. The Bertz CT molecular complexity index is 946. The van der Waals surface area contributed by atoms with Gasteiger partial charge >= 0.3 is 5.97 Å². The van der Waals surface area contributed by atoms with Gasteiger partial charge in [0, 0.05) is 10.7 Å². The molecule has 0 radical (unpaired) electrons. The van der Waals surface area contributed by atoms with Crippen molar-refractivity contribution in [1.82, 2.24) is 0 Å². The van der Waals surface area contributed by atoms with E-state index in [4.69, 9.17) is 33.1 Å². The van der Waals surface area contributed by atoms with E-state index >= 15 is 0 Å². The van der Waals surface area contributed by atoms with Gasteiger partial charge in [0.2, 0.25) is 10.0 Å². The van der Waals surface area contributed by atoms with Gasteiger partial charge in [-0.1, -0.05) is 23.2 Å². The van der Waals surface area contributed by atoms with Crippen LogP contribution < -0.4 is 10.5 Å². The summed E-state index contributed by atoms with van der Waals surface area (Å²) < 4.78 is 28.0. The Morgan fingerprint density at radius 1 is 1.12 bits per heavy atom. The van der Waals surface area contributed by atoms with Crippen molar-refractivity contribution in [3.63, 3.8) is 0 Å². The fourth-order valence-corrected chi connectivity index (χ4v) is 3.10. The predicted molar refractivity (Wildman–Crippen MR) is 97.8 cm³/mol. The molecular weight excluding hydrogens is 403 g/mol. The van der Waals surface area contributed by atoms with Crippen LogP contribution >= 0.6 is 23.2 Å². The van der Waals surface area contributed by atoms with Crippen LogP contribution in [0, 0.1) is 0 Å². The molecule has 2 aromatic carbocycles. The van der Waals surface area contributed by atoms with Crippen LogP contribution in [-0.4, -0.2) is 26.4 Å². The van der Waals surface area contributed by atoms with Crippen LogP contribution in [-0.2, 0) is 19.6 Å². The third-order valence-electron chi connectivity index (χ3n) is 3.24. The zero-order valence-corrected chi connectivity index (χ0v) is 15.7. The molecule has 3 N–H and O–H groups in total. The van der Waals surface area contributed by atoms with Crippen molar-refractivity contribution < 1.29 is 22.7 Å². The van der Waals surface area contributed by atoms with Crippen molar-refractivity contribution in [2.45, 2.75) is 17.9 Å². The average molecular weight is 417 g/mol. The molecule has 10 heteroatoms. The van der Waals surface area contributed by atoms with Gasteiger partial charge in [0.1, 0.15) is 4.90 Å². The van der Waals surface area contributed by atoms with Crippen molar-refractivity contribution in [3.8, 4) is 0 Å². The molecule has 0 bridgehead atoms. The van der Waals surface area contributed by atoms with Gasteiger partial charge in [-0.25, -0.2) is 18.4 Å². The fourth-order valence-electron chi connectivity index (χ4n) is 1.91. The van der Waals surface area contributed by atoms with Gasteiger partial charge in [-0.3, -0.25) is 4.79 Å². The third-order valence-corrected chi connectivity index (χ3v) is 4.88. The van der Waals surface area contributed by atoms with Crippen LogP contribution in [0.5, 0.6) is 0 Å². The monoisotopic (exact) mass is 416 g/mol. The molecule has 1 atom stereocenters. The standard InChI is InChI=1S/C16H14Cl2N2O5S/c1-9(15(21)20-12-5-3-11(17)4-6-12)25-16(22)10-2-7-13(18)14(8-10)26(19,23)24/h2-9H,1H3,(H,20,21)(H2,19,23,24)/t9-/m1/s1. The summed E-state index contributed by atoms with van der Waals surface area (Å²) in [5.41, 5.74) is 0.370. The van der Waals surface area contributed by atoms with Crippen LogP contribution in [0.4, 0.5) is 5.69 Å². The Hall–Kier alpha value is -2.13. The molecule has 0 aromatic heterocycles. The summed E-state index contributed by atoms with van der Waals surface area (Å²) in [5, 5.41) is 7.98. The Kier molecular flexibility index (Phi) is 6.25. The molecule has 0 saturated carbocycles. The molecule has 1 amide bonds. The molecule has 0 fully saturated rings. The highest BCUT2D eigenvalue weighted by molar-refractivity contribution is 7.89. The van der Waals surface area contributed by atoms with Crippen molar-refractivity contribution in [2.75, 3.05) is 5.32 Å². The highest BCUT2D eigenvalue weighted by Gasteiger charge is 2.21. The van der Waals surface area contributed by atoms with Gasteiger partial charge in [0.05, 0.1) is 10.6 Å².